The summed E-state index contributed by atoms with van der Waals surface area (Å²) in [4.78, 5) is 17.3. The third-order valence-electron chi connectivity index (χ3n) is 3.40. The number of aromatic nitrogens is 2. The molecule has 2 heterocycles. The Bertz CT molecular complexity index is 692. The van der Waals surface area contributed by atoms with Gasteiger partial charge in [0, 0.05) is 29.6 Å². The molecule has 2 aromatic heterocycles. The molecule has 0 aliphatic heterocycles. The number of nitrogens with one attached hydrogen (secondary N) is 1. The molecule has 4 nitrogen and oxygen atoms in total. The first-order valence-electron chi connectivity index (χ1n) is 7.15. The van der Waals surface area contributed by atoms with Gasteiger partial charge in [-0.15, -0.1) is 11.3 Å². The molecule has 0 atom stereocenters. The summed E-state index contributed by atoms with van der Waals surface area (Å²) in [6.07, 6.45) is 0. The molecule has 0 spiro atoms. The van der Waals surface area contributed by atoms with Crippen molar-refractivity contribution in [3.8, 4) is 11.3 Å². The van der Waals surface area contributed by atoms with Gasteiger partial charge in [0.05, 0.1) is 11.3 Å². The summed E-state index contributed by atoms with van der Waals surface area (Å²) in [5.74, 6) is 0. The zero-order chi connectivity index (χ0) is 15.8. The maximum absolute atomic E-state index is 12.9. The Morgan fingerprint density at radius 2 is 1.95 bits per heavy atom. The van der Waals surface area contributed by atoms with E-state index in [0.717, 1.165) is 16.5 Å². The fourth-order valence-corrected chi connectivity index (χ4v) is 3.06. The first-order valence-corrected chi connectivity index (χ1v) is 8.03. The van der Waals surface area contributed by atoms with Crippen LogP contribution in [0.4, 0.5) is 5.13 Å². The van der Waals surface area contributed by atoms with Gasteiger partial charge in [0.25, 0.3) is 5.56 Å². The van der Waals surface area contributed by atoms with E-state index in [1.807, 2.05) is 36.9 Å². The number of anilines is 1. The highest BCUT2D eigenvalue weighted by Gasteiger charge is 2.22. The maximum atomic E-state index is 12.9. The van der Waals surface area contributed by atoms with Crippen LogP contribution in [-0.4, -0.2) is 16.6 Å². The van der Waals surface area contributed by atoms with Crippen molar-refractivity contribution >= 4 is 16.5 Å². The average Bonchev–Trinajstić information content (AvgIpc) is 2.85. The lowest BCUT2D eigenvalue weighted by atomic mass is 9.90. The van der Waals surface area contributed by atoms with Crippen molar-refractivity contribution in [3.05, 3.63) is 33.6 Å². The highest BCUT2D eigenvalue weighted by molar-refractivity contribution is 7.14. The normalized spacial score (nSPS) is 12.0. The lowest BCUT2D eigenvalue weighted by Gasteiger charge is -2.26. The molecule has 2 rings (SSSR count). The van der Waals surface area contributed by atoms with Crippen LogP contribution in [-0.2, 0) is 5.41 Å². The zero-order valence-electron chi connectivity index (χ0n) is 13.5. The van der Waals surface area contributed by atoms with Gasteiger partial charge in [-0.2, -0.15) is 0 Å². The zero-order valence-corrected chi connectivity index (χ0v) is 14.3. The molecule has 0 aliphatic rings. The lowest BCUT2D eigenvalue weighted by Crippen LogP contribution is -2.31. The fourth-order valence-electron chi connectivity index (χ4n) is 2.38. The maximum Gasteiger partial charge on any atom is 0.260 e. The minimum atomic E-state index is -0.0693. The molecular formula is C16H23N3OS. The van der Waals surface area contributed by atoms with Gasteiger partial charge in [0.15, 0.2) is 5.13 Å². The van der Waals surface area contributed by atoms with Crippen LogP contribution >= 0.6 is 11.3 Å². The van der Waals surface area contributed by atoms with Crippen LogP contribution in [0.2, 0.25) is 0 Å². The van der Waals surface area contributed by atoms with E-state index in [-0.39, 0.29) is 17.0 Å². The molecule has 0 amide bonds. The molecule has 21 heavy (non-hydrogen) atoms. The topological polar surface area (TPSA) is 46.9 Å². The van der Waals surface area contributed by atoms with Crippen LogP contribution in [0.15, 0.2) is 22.3 Å². The molecule has 0 bridgehead atoms. The van der Waals surface area contributed by atoms with Gasteiger partial charge in [-0.05, 0) is 26.0 Å². The van der Waals surface area contributed by atoms with Crippen LogP contribution in [0.1, 0.15) is 46.4 Å². The Balaban J connectivity index is 2.66. The number of rotatable bonds is 3. The van der Waals surface area contributed by atoms with Crippen molar-refractivity contribution in [2.24, 2.45) is 0 Å². The van der Waals surface area contributed by atoms with Gasteiger partial charge < -0.3 is 9.88 Å². The minimum absolute atomic E-state index is 0.0328. The summed E-state index contributed by atoms with van der Waals surface area (Å²) in [6, 6.07) is 4.07. The van der Waals surface area contributed by atoms with E-state index in [0.29, 0.717) is 5.56 Å². The third kappa shape index (κ3) is 3.02. The average molecular weight is 305 g/mol. The Labute approximate surface area is 129 Å². The summed E-state index contributed by atoms with van der Waals surface area (Å²) in [5.41, 5.74) is 2.42. The van der Waals surface area contributed by atoms with E-state index in [2.05, 4.69) is 37.1 Å². The second-order valence-corrected chi connectivity index (χ2v) is 7.30. The smallest absolute Gasteiger partial charge is 0.260 e. The second kappa shape index (κ2) is 5.64. The van der Waals surface area contributed by atoms with Gasteiger partial charge in [0.2, 0.25) is 0 Å². The summed E-state index contributed by atoms with van der Waals surface area (Å²) in [6.45, 7) is 10.5. The first kappa shape index (κ1) is 15.8. The third-order valence-corrected chi connectivity index (χ3v) is 4.26. The van der Waals surface area contributed by atoms with Crippen LogP contribution in [0.5, 0.6) is 0 Å². The molecule has 0 saturated carbocycles. The number of hydrogen-bond donors (Lipinski definition) is 1. The molecule has 0 fully saturated rings. The molecule has 0 radical (unpaired) electrons. The predicted octanol–water partition coefficient (Wildman–Crippen LogP) is 3.89. The highest BCUT2D eigenvalue weighted by atomic mass is 32.1. The van der Waals surface area contributed by atoms with Crippen molar-refractivity contribution < 1.29 is 0 Å². The van der Waals surface area contributed by atoms with E-state index >= 15 is 0 Å². The minimum Gasteiger partial charge on any atom is -0.365 e. The molecule has 1 N–H and O–H groups in total. The van der Waals surface area contributed by atoms with Gasteiger partial charge in [0.1, 0.15) is 0 Å². The molecule has 0 aliphatic carbocycles. The molecular weight excluding hydrogens is 282 g/mol. The van der Waals surface area contributed by atoms with Gasteiger partial charge in [-0.1, -0.05) is 20.8 Å². The SMILES string of the molecule is CNc1nc(-c2ccc(C(C)(C)C)n(C(C)C)c2=O)cs1. The Morgan fingerprint density at radius 1 is 1.29 bits per heavy atom. The van der Waals surface area contributed by atoms with Gasteiger partial charge in [-0.3, -0.25) is 4.79 Å². The van der Waals surface area contributed by atoms with Crippen molar-refractivity contribution in [2.45, 2.75) is 46.1 Å². The molecule has 0 unspecified atom stereocenters. The number of thiazole rings is 1. The number of hydrogen-bond acceptors (Lipinski definition) is 4. The van der Waals surface area contributed by atoms with Crippen LogP contribution < -0.4 is 10.9 Å². The van der Waals surface area contributed by atoms with Crippen LogP contribution in [0, 0.1) is 0 Å². The fraction of sp³-hybridized carbons (Fsp3) is 0.500. The standard InChI is InChI=1S/C16H23N3OS/c1-10(2)19-13(16(3,4)5)8-7-11(14(19)20)12-9-21-15(17-6)18-12/h7-10H,1-6H3,(H,17,18). The quantitative estimate of drug-likeness (QED) is 0.935. The van der Waals surface area contributed by atoms with Crippen molar-refractivity contribution in [2.75, 3.05) is 12.4 Å². The monoisotopic (exact) mass is 305 g/mol. The molecule has 2 aromatic rings. The second-order valence-electron chi connectivity index (χ2n) is 6.44. The number of nitrogens with zero attached hydrogens (tertiary/aromatic N) is 2. The number of pyridine rings is 1. The van der Waals surface area contributed by atoms with E-state index in [4.69, 9.17) is 0 Å². The van der Waals surface area contributed by atoms with Crippen molar-refractivity contribution in [3.63, 3.8) is 0 Å². The summed E-state index contributed by atoms with van der Waals surface area (Å²) in [5, 5.41) is 5.75. The van der Waals surface area contributed by atoms with E-state index in [1.54, 1.807) is 0 Å². The summed E-state index contributed by atoms with van der Waals surface area (Å²) in [7, 11) is 1.83. The van der Waals surface area contributed by atoms with Crippen molar-refractivity contribution in [1.29, 1.82) is 0 Å². The van der Waals surface area contributed by atoms with E-state index in [1.165, 1.54) is 11.3 Å². The largest absolute Gasteiger partial charge is 0.365 e. The van der Waals surface area contributed by atoms with Crippen LogP contribution in [0.25, 0.3) is 11.3 Å². The van der Waals surface area contributed by atoms with Crippen LogP contribution in [0.3, 0.4) is 0 Å². The lowest BCUT2D eigenvalue weighted by molar-refractivity contribution is 0.467. The van der Waals surface area contributed by atoms with E-state index < -0.39 is 0 Å². The molecule has 0 saturated heterocycles. The summed E-state index contributed by atoms with van der Waals surface area (Å²) >= 11 is 1.51. The van der Waals surface area contributed by atoms with Gasteiger partial charge in [-0.25, -0.2) is 4.98 Å². The van der Waals surface area contributed by atoms with Gasteiger partial charge >= 0.3 is 0 Å². The molecule has 114 valence electrons. The molecule has 5 heteroatoms. The first-order chi connectivity index (χ1) is 9.75. The highest BCUT2D eigenvalue weighted by Crippen LogP contribution is 2.27. The predicted molar refractivity (Wildman–Crippen MR) is 90.4 cm³/mol. The Morgan fingerprint density at radius 3 is 2.43 bits per heavy atom. The van der Waals surface area contributed by atoms with E-state index in [9.17, 15) is 4.79 Å². The molecule has 0 aromatic carbocycles. The Hall–Kier alpha value is -1.62. The summed E-state index contributed by atoms with van der Waals surface area (Å²) < 4.78 is 1.88. The Kier molecular flexibility index (Phi) is 4.23. The van der Waals surface area contributed by atoms with Crippen molar-refractivity contribution in [1.82, 2.24) is 9.55 Å².